The molecule has 6 nitrogen and oxygen atoms in total. The normalized spacial score (nSPS) is 16.6. The van der Waals surface area contributed by atoms with Crippen LogP contribution in [0.15, 0.2) is 30.3 Å². The molecule has 0 spiro atoms. The highest BCUT2D eigenvalue weighted by Gasteiger charge is 2.21. The van der Waals surface area contributed by atoms with Gasteiger partial charge < -0.3 is 4.74 Å². The maximum absolute atomic E-state index is 5.88. The van der Waals surface area contributed by atoms with Crippen molar-refractivity contribution in [2.24, 2.45) is 5.92 Å². The molecule has 1 aromatic heterocycles. The van der Waals surface area contributed by atoms with Crippen LogP contribution in [0.3, 0.4) is 0 Å². The van der Waals surface area contributed by atoms with Gasteiger partial charge in [0.1, 0.15) is 5.75 Å². The molecule has 0 radical (unpaired) electrons. The van der Waals surface area contributed by atoms with Crippen LogP contribution >= 0.6 is 0 Å². The first kappa shape index (κ1) is 15.9. The molecule has 0 bridgehead atoms. The number of ether oxygens (including phenoxy) is 1. The first-order valence-corrected chi connectivity index (χ1v) is 8.50. The summed E-state index contributed by atoms with van der Waals surface area (Å²) in [5.41, 5.74) is 0. The van der Waals surface area contributed by atoms with Crippen LogP contribution in [0.2, 0.25) is 0 Å². The molecule has 0 N–H and O–H groups in total. The van der Waals surface area contributed by atoms with Gasteiger partial charge in [0.25, 0.3) is 0 Å². The van der Waals surface area contributed by atoms with Crippen molar-refractivity contribution in [3.63, 3.8) is 0 Å². The number of para-hydroxylation sites is 1. The predicted molar refractivity (Wildman–Crippen MR) is 88.0 cm³/mol. The smallest absolute Gasteiger partial charge is 0.165 e. The molecule has 0 saturated carbocycles. The van der Waals surface area contributed by atoms with Gasteiger partial charge in [0, 0.05) is 6.54 Å². The molecule has 0 amide bonds. The SMILES string of the molecule is CCCn1nnnc1CN1CCC(COc2ccccc2)CC1. The summed E-state index contributed by atoms with van der Waals surface area (Å²) in [5.74, 6) is 2.58. The van der Waals surface area contributed by atoms with Crippen LogP contribution in [0, 0.1) is 5.92 Å². The van der Waals surface area contributed by atoms with Crippen molar-refractivity contribution in [3.8, 4) is 5.75 Å². The van der Waals surface area contributed by atoms with E-state index in [4.69, 9.17) is 4.74 Å². The third-order valence-corrected chi connectivity index (χ3v) is 4.34. The second-order valence-corrected chi connectivity index (χ2v) is 6.16. The van der Waals surface area contributed by atoms with Crippen molar-refractivity contribution in [3.05, 3.63) is 36.2 Å². The Bertz CT molecular complexity index is 578. The van der Waals surface area contributed by atoms with E-state index in [0.717, 1.165) is 50.8 Å². The van der Waals surface area contributed by atoms with Crippen molar-refractivity contribution in [2.45, 2.75) is 39.3 Å². The molecule has 3 rings (SSSR count). The predicted octanol–water partition coefficient (Wildman–Crippen LogP) is 2.37. The topological polar surface area (TPSA) is 56.1 Å². The number of likely N-dealkylation sites (tertiary alicyclic amines) is 1. The monoisotopic (exact) mass is 315 g/mol. The zero-order chi connectivity index (χ0) is 15.9. The number of benzene rings is 1. The maximum atomic E-state index is 5.88. The van der Waals surface area contributed by atoms with Gasteiger partial charge >= 0.3 is 0 Å². The number of nitrogens with zero attached hydrogens (tertiary/aromatic N) is 5. The minimum Gasteiger partial charge on any atom is -0.493 e. The minimum atomic E-state index is 0.637. The van der Waals surface area contributed by atoms with E-state index in [0.29, 0.717) is 5.92 Å². The summed E-state index contributed by atoms with van der Waals surface area (Å²) in [6, 6.07) is 10.1. The number of rotatable bonds is 7. The molecule has 124 valence electrons. The molecule has 0 aliphatic carbocycles. The summed E-state index contributed by atoms with van der Waals surface area (Å²) in [4.78, 5) is 2.44. The number of hydrogen-bond donors (Lipinski definition) is 0. The molecule has 0 unspecified atom stereocenters. The molecule has 2 aromatic rings. The van der Waals surface area contributed by atoms with Gasteiger partial charge in [-0.3, -0.25) is 4.90 Å². The fraction of sp³-hybridized carbons (Fsp3) is 0.588. The number of piperidine rings is 1. The zero-order valence-corrected chi connectivity index (χ0v) is 13.8. The Kier molecular flexibility index (Phi) is 5.58. The fourth-order valence-electron chi connectivity index (χ4n) is 2.96. The van der Waals surface area contributed by atoms with Crippen LogP contribution < -0.4 is 4.74 Å². The molecule has 1 saturated heterocycles. The number of aromatic nitrogens is 4. The third-order valence-electron chi connectivity index (χ3n) is 4.34. The van der Waals surface area contributed by atoms with Gasteiger partial charge in [0.15, 0.2) is 5.82 Å². The van der Waals surface area contributed by atoms with Crippen LogP contribution in [0.1, 0.15) is 32.0 Å². The van der Waals surface area contributed by atoms with Gasteiger partial charge in [-0.05, 0) is 60.8 Å². The Labute approximate surface area is 137 Å². The van der Waals surface area contributed by atoms with Gasteiger partial charge in [-0.25, -0.2) is 4.68 Å². The van der Waals surface area contributed by atoms with Gasteiger partial charge in [0.2, 0.25) is 0 Å². The van der Waals surface area contributed by atoms with Crippen LogP contribution in [0.4, 0.5) is 0 Å². The summed E-state index contributed by atoms with van der Waals surface area (Å²) < 4.78 is 7.80. The summed E-state index contributed by atoms with van der Waals surface area (Å²) in [5, 5.41) is 12.0. The van der Waals surface area contributed by atoms with Gasteiger partial charge in [0.05, 0.1) is 13.2 Å². The van der Waals surface area contributed by atoms with Crippen LogP contribution in [-0.4, -0.2) is 44.8 Å². The van der Waals surface area contributed by atoms with E-state index in [-0.39, 0.29) is 0 Å². The summed E-state index contributed by atoms with van der Waals surface area (Å²) >= 11 is 0. The fourth-order valence-corrected chi connectivity index (χ4v) is 2.96. The maximum Gasteiger partial charge on any atom is 0.165 e. The van der Waals surface area contributed by atoms with E-state index < -0.39 is 0 Å². The van der Waals surface area contributed by atoms with Gasteiger partial charge in [-0.15, -0.1) is 5.10 Å². The Hall–Kier alpha value is -1.95. The second kappa shape index (κ2) is 8.06. The lowest BCUT2D eigenvalue weighted by Crippen LogP contribution is -2.35. The Balaban J connectivity index is 1.42. The van der Waals surface area contributed by atoms with E-state index in [1.54, 1.807) is 0 Å². The molecule has 1 aromatic carbocycles. The molecular weight excluding hydrogens is 290 g/mol. The van der Waals surface area contributed by atoms with E-state index in [1.807, 2.05) is 35.0 Å². The van der Waals surface area contributed by atoms with E-state index in [2.05, 4.69) is 27.3 Å². The largest absolute Gasteiger partial charge is 0.493 e. The average Bonchev–Trinajstić information content (AvgIpc) is 3.03. The van der Waals surface area contributed by atoms with Crippen molar-refractivity contribution >= 4 is 0 Å². The van der Waals surface area contributed by atoms with Crippen LogP contribution in [0.5, 0.6) is 5.75 Å². The van der Waals surface area contributed by atoms with Crippen LogP contribution in [0.25, 0.3) is 0 Å². The zero-order valence-electron chi connectivity index (χ0n) is 13.8. The molecule has 1 aliphatic heterocycles. The quantitative estimate of drug-likeness (QED) is 0.785. The molecule has 0 atom stereocenters. The average molecular weight is 315 g/mol. The van der Waals surface area contributed by atoms with Crippen molar-refractivity contribution < 1.29 is 4.74 Å². The van der Waals surface area contributed by atoms with E-state index >= 15 is 0 Å². The Morgan fingerprint density at radius 1 is 1.17 bits per heavy atom. The molecule has 1 aliphatic rings. The molecule has 2 heterocycles. The number of tetrazole rings is 1. The standard InChI is InChI=1S/C17H25N5O/c1-2-10-22-17(18-19-20-22)13-21-11-8-15(9-12-21)14-23-16-6-4-3-5-7-16/h3-7,15H,2,8-14H2,1H3. The first-order valence-electron chi connectivity index (χ1n) is 8.50. The summed E-state index contributed by atoms with van der Waals surface area (Å²) in [7, 11) is 0. The summed E-state index contributed by atoms with van der Waals surface area (Å²) in [6.07, 6.45) is 3.39. The van der Waals surface area contributed by atoms with Crippen molar-refractivity contribution in [2.75, 3.05) is 19.7 Å². The van der Waals surface area contributed by atoms with Crippen LogP contribution in [-0.2, 0) is 13.1 Å². The molecule has 6 heteroatoms. The second-order valence-electron chi connectivity index (χ2n) is 6.16. The lowest BCUT2D eigenvalue weighted by atomic mass is 9.98. The highest BCUT2D eigenvalue weighted by Crippen LogP contribution is 2.20. The lowest BCUT2D eigenvalue weighted by molar-refractivity contribution is 0.133. The number of hydrogen-bond acceptors (Lipinski definition) is 5. The Morgan fingerprint density at radius 2 is 1.96 bits per heavy atom. The van der Waals surface area contributed by atoms with Crippen molar-refractivity contribution in [1.29, 1.82) is 0 Å². The molecule has 23 heavy (non-hydrogen) atoms. The first-order chi connectivity index (χ1) is 11.3. The van der Waals surface area contributed by atoms with E-state index in [9.17, 15) is 0 Å². The number of aryl methyl sites for hydroxylation is 1. The highest BCUT2D eigenvalue weighted by atomic mass is 16.5. The van der Waals surface area contributed by atoms with Gasteiger partial charge in [-0.1, -0.05) is 25.1 Å². The lowest BCUT2D eigenvalue weighted by Gasteiger charge is -2.31. The molecular formula is C17H25N5O. The Morgan fingerprint density at radius 3 is 2.70 bits per heavy atom. The van der Waals surface area contributed by atoms with E-state index in [1.165, 1.54) is 12.8 Å². The van der Waals surface area contributed by atoms with Gasteiger partial charge in [-0.2, -0.15) is 0 Å². The summed E-state index contributed by atoms with van der Waals surface area (Å²) in [6.45, 7) is 6.86. The minimum absolute atomic E-state index is 0.637. The van der Waals surface area contributed by atoms with Crippen molar-refractivity contribution in [1.82, 2.24) is 25.1 Å². The third kappa shape index (κ3) is 4.51. The highest BCUT2D eigenvalue weighted by molar-refractivity contribution is 5.20. The molecule has 1 fully saturated rings.